The van der Waals surface area contributed by atoms with Gasteiger partial charge >= 0.3 is 0 Å². The van der Waals surface area contributed by atoms with Gasteiger partial charge in [-0.05, 0) is 36.1 Å². The number of hydrogen-bond donors (Lipinski definition) is 0. The van der Waals surface area contributed by atoms with Crippen molar-refractivity contribution in [3.05, 3.63) is 41.5 Å². The summed E-state index contributed by atoms with van der Waals surface area (Å²) < 4.78 is 5.88. The lowest BCUT2D eigenvalue weighted by atomic mass is 9.74. The van der Waals surface area contributed by atoms with Gasteiger partial charge in [-0.2, -0.15) is 0 Å². The van der Waals surface area contributed by atoms with Crippen molar-refractivity contribution < 1.29 is 14.5 Å². The summed E-state index contributed by atoms with van der Waals surface area (Å²) in [6.07, 6.45) is 3.82. The summed E-state index contributed by atoms with van der Waals surface area (Å²) in [6.45, 7) is 2.12. The first-order chi connectivity index (χ1) is 8.29. The first-order valence-corrected chi connectivity index (χ1v) is 6.08. The van der Waals surface area contributed by atoms with Crippen molar-refractivity contribution in [2.24, 2.45) is 0 Å². The molecule has 2 bridgehead atoms. The van der Waals surface area contributed by atoms with E-state index >= 15 is 0 Å². The van der Waals surface area contributed by atoms with E-state index in [1.165, 1.54) is 16.7 Å². The van der Waals surface area contributed by atoms with E-state index in [1.807, 2.05) is 6.07 Å². The van der Waals surface area contributed by atoms with Gasteiger partial charge in [0.05, 0.1) is 0 Å². The van der Waals surface area contributed by atoms with Crippen LogP contribution in [0.4, 0.5) is 0 Å². The molecule has 0 unspecified atom stereocenters. The van der Waals surface area contributed by atoms with E-state index < -0.39 is 5.60 Å². The molecule has 5 rings (SSSR count). The SMILES string of the molecule is CC1=C[C@@H]2O[C@@H]3CC[C@]2(OO3)c2ccccc21. The number of benzene rings is 1. The zero-order chi connectivity index (χ0) is 11.5. The topological polar surface area (TPSA) is 27.7 Å². The lowest BCUT2D eigenvalue weighted by Gasteiger charge is -2.51. The summed E-state index contributed by atoms with van der Waals surface area (Å²) in [6, 6.07) is 8.37. The predicted molar refractivity (Wildman–Crippen MR) is 61.8 cm³/mol. The molecule has 0 aromatic heterocycles. The average molecular weight is 230 g/mol. The van der Waals surface area contributed by atoms with E-state index in [9.17, 15) is 0 Å². The molecule has 17 heavy (non-hydrogen) atoms. The van der Waals surface area contributed by atoms with Gasteiger partial charge in [0, 0.05) is 6.42 Å². The van der Waals surface area contributed by atoms with Crippen molar-refractivity contribution in [3.63, 3.8) is 0 Å². The van der Waals surface area contributed by atoms with E-state index in [-0.39, 0.29) is 12.4 Å². The minimum absolute atomic E-state index is 0.00935. The van der Waals surface area contributed by atoms with Gasteiger partial charge in [-0.1, -0.05) is 24.3 Å². The summed E-state index contributed by atoms with van der Waals surface area (Å²) in [5.74, 6) is 0. The fourth-order valence-corrected chi connectivity index (χ4v) is 3.13. The van der Waals surface area contributed by atoms with Crippen LogP contribution < -0.4 is 0 Å². The molecule has 3 fully saturated rings. The molecule has 4 aliphatic rings. The van der Waals surface area contributed by atoms with Crippen LogP contribution >= 0.6 is 0 Å². The van der Waals surface area contributed by atoms with E-state index in [4.69, 9.17) is 14.5 Å². The lowest BCUT2D eigenvalue weighted by Crippen LogP contribution is -2.56. The Bertz CT molecular complexity index is 498. The molecular formula is C14H14O3. The molecule has 0 saturated carbocycles. The fraction of sp³-hybridized carbons (Fsp3) is 0.429. The Kier molecular flexibility index (Phi) is 1.85. The van der Waals surface area contributed by atoms with Gasteiger partial charge in [0.1, 0.15) is 6.10 Å². The van der Waals surface area contributed by atoms with E-state index in [0.29, 0.717) is 0 Å². The summed E-state index contributed by atoms with van der Waals surface area (Å²) in [5.41, 5.74) is 3.28. The quantitative estimate of drug-likeness (QED) is 0.641. The van der Waals surface area contributed by atoms with Crippen LogP contribution in [0, 0.1) is 0 Å². The third-order valence-corrected chi connectivity index (χ3v) is 4.02. The lowest BCUT2D eigenvalue weighted by molar-refractivity contribution is -0.515. The molecule has 3 aliphatic heterocycles. The van der Waals surface area contributed by atoms with Crippen molar-refractivity contribution in [2.75, 3.05) is 0 Å². The van der Waals surface area contributed by atoms with Crippen molar-refractivity contribution >= 4 is 5.57 Å². The molecule has 0 radical (unpaired) electrons. The Balaban J connectivity index is 1.95. The monoisotopic (exact) mass is 230 g/mol. The molecule has 3 heterocycles. The summed E-state index contributed by atoms with van der Waals surface area (Å²) >= 11 is 0. The van der Waals surface area contributed by atoms with E-state index in [0.717, 1.165) is 12.8 Å². The highest BCUT2D eigenvalue weighted by molar-refractivity contribution is 5.71. The van der Waals surface area contributed by atoms with Crippen LogP contribution in [0.15, 0.2) is 30.3 Å². The molecule has 1 spiro atoms. The third-order valence-electron chi connectivity index (χ3n) is 4.02. The van der Waals surface area contributed by atoms with Crippen molar-refractivity contribution in [2.45, 2.75) is 37.8 Å². The van der Waals surface area contributed by atoms with Crippen LogP contribution in [-0.2, 0) is 20.1 Å². The minimum atomic E-state index is -0.426. The maximum absolute atomic E-state index is 5.88. The summed E-state index contributed by atoms with van der Waals surface area (Å²) in [4.78, 5) is 11.0. The van der Waals surface area contributed by atoms with Crippen LogP contribution in [-0.4, -0.2) is 12.4 Å². The van der Waals surface area contributed by atoms with Gasteiger partial charge in [-0.15, -0.1) is 0 Å². The maximum Gasteiger partial charge on any atom is 0.192 e. The standard InChI is InChI=1S/C14H14O3/c1-9-8-12-14(7-6-13(15-12)16-17-14)11-5-3-2-4-10(9)11/h2-5,8,12-13H,6-7H2,1H3/t12-,13-,14-/m0/s1. The van der Waals surface area contributed by atoms with Gasteiger partial charge in [0.2, 0.25) is 0 Å². The number of hydrogen-bond acceptors (Lipinski definition) is 3. The van der Waals surface area contributed by atoms with E-state index in [2.05, 4.69) is 31.2 Å². The van der Waals surface area contributed by atoms with Crippen LogP contribution in [0.25, 0.3) is 5.57 Å². The van der Waals surface area contributed by atoms with Crippen molar-refractivity contribution in [3.8, 4) is 0 Å². The molecule has 0 amide bonds. The Labute approximate surface area is 99.9 Å². The number of fused-ring (bicyclic) bond motifs is 3. The highest BCUT2D eigenvalue weighted by Crippen LogP contribution is 2.51. The Morgan fingerprint density at radius 1 is 1.29 bits per heavy atom. The average Bonchev–Trinajstić information content (AvgIpc) is 2.40. The molecule has 3 atom stereocenters. The highest BCUT2D eigenvalue weighted by Gasteiger charge is 2.54. The molecule has 0 N–H and O–H groups in total. The van der Waals surface area contributed by atoms with Crippen molar-refractivity contribution in [1.82, 2.24) is 0 Å². The molecule has 88 valence electrons. The van der Waals surface area contributed by atoms with Crippen LogP contribution in [0.2, 0.25) is 0 Å². The molecule has 1 aromatic carbocycles. The van der Waals surface area contributed by atoms with Gasteiger partial charge in [-0.25, -0.2) is 9.78 Å². The highest BCUT2D eigenvalue weighted by atomic mass is 17.2. The zero-order valence-electron chi connectivity index (χ0n) is 9.68. The molecule has 3 nitrogen and oxygen atoms in total. The number of ether oxygens (including phenoxy) is 1. The Morgan fingerprint density at radius 3 is 3.00 bits per heavy atom. The maximum atomic E-state index is 5.88. The normalized spacial score (nSPS) is 38.3. The molecule has 3 heteroatoms. The second kappa shape index (κ2) is 3.19. The van der Waals surface area contributed by atoms with E-state index in [1.54, 1.807) is 0 Å². The Hall–Kier alpha value is -1.16. The smallest absolute Gasteiger partial charge is 0.192 e. The first-order valence-electron chi connectivity index (χ1n) is 6.08. The number of rotatable bonds is 0. The summed E-state index contributed by atoms with van der Waals surface area (Å²) in [7, 11) is 0. The van der Waals surface area contributed by atoms with Gasteiger partial charge in [0.15, 0.2) is 11.9 Å². The molecule has 1 aliphatic carbocycles. The summed E-state index contributed by atoms with van der Waals surface area (Å²) in [5, 5.41) is 0. The Morgan fingerprint density at radius 2 is 2.18 bits per heavy atom. The predicted octanol–water partition coefficient (Wildman–Crippen LogP) is 2.77. The second-order valence-electron chi connectivity index (χ2n) is 4.99. The van der Waals surface area contributed by atoms with Crippen molar-refractivity contribution in [1.29, 1.82) is 0 Å². The molecule has 1 aromatic rings. The molecular weight excluding hydrogens is 216 g/mol. The first kappa shape index (κ1) is 9.83. The second-order valence-corrected chi connectivity index (χ2v) is 4.99. The third kappa shape index (κ3) is 1.16. The fourth-order valence-electron chi connectivity index (χ4n) is 3.13. The van der Waals surface area contributed by atoms with Gasteiger partial charge in [0.25, 0.3) is 0 Å². The van der Waals surface area contributed by atoms with Crippen LogP contribution in [0.1, 0.15) is 30.9 Å². The van der Waals surface area contributed by atoms with Crippen LogP contribution in [0.3, 0.4) is 0 Å². The molecule has 3 saturated heterocycles. The largest absolute Gasteiger partial charge is 0.339 e. The minimum Gasteiger partial charge on any atom is -0.339 e. The zero-order valence-corrected chi connectivity index (χ0v) is 9.68. The van der Waals surface area contributed by atoms with Gasteiger partial charge < -0.3 is 4.74 Å². The van der Waals surface area contributed by atoms with Gasteiger partial charge in [-0.3, -0.25) is 0 Å². The van der Waals surface area contributed by atoms with Crippen LogP contribution in [0.5, 0.6) is 0 Å². The number of allylic oxidation sites excluding steroid dienone is 1.